The van der Waals surface area contributed by atoms with E-state index in [4.69, 9.17) is 9.05 Å². The normalized spacial score (nSPS) is 11.7. The van der Waals surface area contributed by atoms with Crippen LogP contribution >= 0.6 is 7.82 Å². The average molecular weight is 484 g/mol. The topological polar surface area (TPSA) is 44.8 Å². The van der Waals surface area contributed by atoms with Gasteiger partial charge in [-0.1, -0.05) is 84.9 Å². The number of phosphoric ester groups is 1. The van der Waals surface area contributed by atoms with Gasteiger partial charge in [0.1, 0.15) is 11.5 Å². The van der Waals surface area contributed by atoms with Gasteiger partial charge in [0.15, 0.2) is 6.61 Å². The highest BCUT2D eigenvalue weighted by atomic mass is 31.2. The third-order valence-electron chi connectivity index (χ3n) is 4.74. The standard InChI is InChI=1S/C26H20F3O4P/c27-26(28,29)19-31-34(30,32-24-15-11-22(12-16-24)20-7-3-1-4-8-20)33-25-17-13-23(14-18-25)21-9-5-2-6-10-21/h1-18H,19H2. The van der Waals surface area contributed by atoms with Gasteiger partial charge < -0.3 is 9.05 Å². The number of hydrogen-bond acceptors (Lipinski definition) is 4. The van der Waals surface area contributed by atoms with Crippen molar-refractivity contribution in [3.63, 3.8) is 0 Å². The van der Waals surface area contributed by atoms with Gasteiger partial charge >= 0.3 is 14.0 Å². The van der Waals surface area contributed by atoms with Crippen molar-refractivity contribution in [2.45, 2.75) is 6.18 Å². The highest BCUT2D eigenvalue weighted by Gasteiger charge is 2.38. The molecule has 0 heterocycles. The Morgan fingerprint density at radius 1 is 0.559 bits per heavy atom. The minimum atomic E-state index is -4.71. The van der Waals surface area contributed by atoms with Gasteiger partial charge in [-0.15, -0.1) is 0 Å². The molecule has 0 aliphatic carbocycles. The van der Waals surface area contributed by atoms with Gasteiger partial charge in [-0.2, -0.15) is 13.2 Å². The van der Waals surface area contributed by atoms with Crippen LogP contribution in [0, 0.1) is 0 Å². The lowest BCUT2D eigenvalue weighted by Gasteiger charge is -2.20. The Kier molecular flexibility index (Phi) is 7.06. The molecule has 4 rings (SSSR count). The van der Waals surface area contributed by atoms with Crippen molar-refractivity contribution < 1.29 is 31.3 Å². The molecule has 4 nitrogen and oxygen atoms in total. The summed E-state index contributed by atoms with van der Waals surface area (Å²) in [5, 5.41) is 0. The molecule has 0 saturated heterocycles. The fourth-order valence-electron chi connectivity index (χ4n) is 3.16. The molecule has 0 aliphatic rings. The highest BCUT2D eigenvalue weighted by molar-refractivity contribution is 7.49. The van der Waals surface area contributed by atoms with Crippen molar-refractivity contribution in [2.75, 3.05) is 6.61 Å². The van der Waals surface area contributed by atoms with Crippen molar-refractivity contribution in [3.8, 4) is 33.8 Å². The molecule has 4 aromatic rings. The van der Waals surface area contributed by atoms with Gasteiger partial charge in [0.2, 0.25) is 0 Å². The van der Waals surface area contributed by atoms with E-state index in [1.165, 1.54) is 24.3 Å². The second-order valence-corrected chi connectivity index (χ2v) is 8.82. The maximum atomic E-state index is 13.1. The minimum absolute atomic E-state index is 0.0473. The van der Waals surface area contributed by atoms with Crippen molar-refractivity contribution >= 4 is 7.82 Å². The maximum absolute atomic E-state index is 13.1. The summed E-state index contributed by atoms with van der Waals surface area (Å²) in [5.74, 6) is 0.0946. The van der Waals surface area contributed by atoms with Crippen LogP contribution in [0.5, 0.6) is 11.5 Å². The van der Waals surface area contributed by atoms with Crippen LogP contribution in [0.3, 0.4) is 0 Å². The van der Waals surface area contributed by atoms with Crippen LogP contribution in [0.25, 0.3) is 22.3 Å². The third-order valence-corrected chi connectivity index (χ3v) is 6.06. The lowest BCUT2D eigenvalue weighted by atomic mass is 10.1. The lowest BCUT2D eigenvalue weighted by molar-refractivity contribution is -0.156. The molecule has 0 aliphatic heterocycles. The molecule has 0 spiro atoms. The lowest BCUT2D eigenvalue weighted by Crippen LogP contribution is -2.18. The van der Waals surface area contributed by atoms with Crippen LogP contribution in [0.2, 0.25) is 0 Å². The monoisotopic (exact) mass is 484 g/mol. The number of benzene rings is 4. The van der Waals surface area contributed by atoms with Crippen LogP contribution in [0.4, 0.5) is 13.2 Å². The van der Waals surface area contributed by atoms with Crippen LogP contribution < -0.4 is 9.05 Å². The molecule has 0 unspecified atom stereocenters. The summed E-state index contributed by atoms with van der Waals surface area (Å²) >= 11 is 0. The quantitative estimate of drug-likeness (QED) is 0.237. The van der Waals surface area contributed by atoms with Crippen LogP contribution in [-0.2, 0) is 9.09 Å². The Bertz CT molecular complexity index is 1150. The van der Waals surface area contributed by atoms with Crippen molar-refractivity contribution in [1.29, 1.82) is 0 Å². The molecule has 0 fully saturated rings. The second kappa shape index (κ2) is 10.2. The van der Waals surface area contributed by atoms with Gasteiger partial charge in [0, 0.05) is 0 Å². The van der Waals surface area contributed by atoms with Crippen molar-refractivity contribution in [3.05, 3.63) is 109 Å². The van der Waals surface area contributed by atoms with E-state index in [0.29, 0.717) is 0 Å². The Labute approximate surface area is 195 Å². The van der Waals surface area contributed by atoms with Gasteiger partial charge in [-0.25, -0.2) is 4.57 Å². The van der Waals surface area contributed by atoms with E-state index in [0.717, 1.165) is 22.3 Å². The molecule has 0 aromatic heterocycles. The number of rotatable bonds is 8. The van der Waals surface area contributed by atoms with E-state index in [2.05, 4.69) is 4.52 Å². The van der Waals surface area contributed by atoms with E-state index >= 15 is 0 Å². The number of halogens is 3. The molecule has 34 heavy (non-hydrogen) atoms. The van der Waals surface area contributed by atoms with Crippen molar-refractivity contribution in [1.82, 2.24) is 0 Å². The van der Waals surface area contributed by atoms with Crippen LogP contribution in [-0.4, -0.2) is 12.8 Å². The SMILES string of the molecule is O=P(OCC(F)(F)F)(Oc1ccc(-c2ccccc2)cc1)Oc1ccc(-c2ccccc2)cc1. The van der Waals surface area contributed by atoms with E-state index in [1.807, 2.05) is 60.7 Å². The molecule has 4 aromatic carbocycles. The van der Waals surface area contributed by atoms with E-state index in [1.54, 1.807) is 24.3 Å². The third kappa shape index (κ3) is 6.50. The van der Waals surface area contributed by atoms with Gasteiger partial charge in [-0.3, -0.25) is 4.52 Å². The summed E-state index contributed by atoms with van der Waals surface area (Å²) in [6.07, 6.45) is -4.71. The van der Waals surface area contributed by atoms with Crippen LogP contribution in [0.15, 0.2) is 109 Å². The number of alkyl halides is 3. The minimum Gasteiger partial charge on any atom is -0.395 e. The molecule has 0 saturated carbocycles. The Morgan fingerprint density at radius 3 is 1.26 bits per heavy atom. The molecule has 0 radical (unpaired) electrons. The summed E-state index contributed by atoms with van der Waals surface area (Å²) in [6, 6.07) is 31.7. The first-order valence-electron chi connectivity index (χ1n) is 10.3. The predicted molar refractivity (Wildman–Crippen MR) is 125 cm³/mol. The molecule has 174 valence electrons. The molecular formula is C26H20F3O4P. The van der Waals surface area contributed by atoms with Crippen molar-refractivity contribution in [2.24, 2.45) is 0 Å². The Balaban J connectivity index is 1.53. The molecular weight excluding hydrogens is 464 g/mol. The zero-order valence-electron chi connectivity index (χ0n) is 17.8. The largest absolute Gasteiger partial charge is 0.587 e. The zero-order valence-corrected chi connectivity index (χ0v) is 18.7. The summed E-state index contributed by atoms with van der Waals surface area (Å²) in [6.45, 7) is -1.78. The van der Waals surface area contributed by atoms with Crippen LogP contribution in [0.1, 0.15) is 0 Å². The highest BCUT2D eigenvalue weighted by Crippen LogP contribution is 2.50. The summed E-state index contributed by atoms with van der Waals surface area (Å²) < 4.78 is 66.8. The van der Waals surface area contributed by atoms with Gasteiger partial charge in [-0.05, 0) is 46.5 Å². The second-order valence-electron chi connectivity index (χ2n) is 7.30. The fourth-order valence-corrected chi connectivity index (χ4v) is 4.37. The smallest absolute Gasteiger partial charge is 0.395 e. The van der Waals surface area contributed by atoms with E-state index in [9.17, 15) is 17.7 Å². The number of hydrogen-bond donors (Lipinski definition) is 0. The van der Waals surface area contributed by atoms with Gasteiger partial charge in [0.05, 0.1) is 0 Å². The number of phosphoric acid groups is 1. The first-order chi connectivity index (χ1) is 16.3. The maximum Gasteiger partial charge on any atom is 0.587 e. The Morgan fingerprint density at radius 2 is 0.912 bits per heavy atom. The first kappa shape index (κ1) is 23.6. The molecule has 8 heteroatoms. The van der Waals surface area contributed by atoms with E-state index < -0.39 is 20.6 Å². The predicted octanol–water partition coefficient (Wildman–Crippen LogP) is 8.17. The Hall–Kier alpha value is -3.54. The zero-order chi connectivity index (χ0) is 24.0. The van der Waals surface area contributed by atoms with Gasteiger partial charge in [0.25, 0.3) is 0 Å². The van der Waals surface area contributed by atoms with E-state index in [-0.39, 0.29) is 11.5 Å². The molecule has 0 N–H and O–H groups in total. The first-order valence-corrected chi connectivity index (χ1v) is 11.8. The fraction of sp³-hybridized carbons (Fsp3) is 0.0769. The summed E-state index contributed by atoms with van der Waals surface area (Å²) in [4.78, 5) is 0. The molecule has 0 amide bonds. The summed E-state index contributed by atoms with van der Waals surface area (Å²) in [5.41, 5.74) is 3.61. The molecule has 0 atom stereocenters. The average Bonchev–Trinajstić information content (AvgIpc) is 2.85. The molecule has 0 bridgehead atoms. The summed E-state index contributed by atoms with van der Waals surface area (Å²) in [7, 11) is -4.65.